The first-order chi connectivity index (χ1) is 12.8. The molecule has 0 saturated heterocycles. The highest BCUT2D eigenvalue weighted by Gasteiger charge is 2.48. The minimum Gasteiger partial charge on any atom is -0.494 e. The van der Waals surface area contributed by atoms with Crippen LogP contribution in [0.2, 0.25) is 0 Å². The Bertz CT molecular complexity index is 1030. The number of aromatic nitrogens is 3. The van der Waals surface area contributed by atoms with Gasteiger partial charge in [0, 0.05) is 18.7 Å². The van der Waals surface area contributed by atoms with Gasteiger partial charge in [-0.1, -0.05) is 0 Å². The van der Waals surface area contributed by atoms with Gasteiger partial charge < -0.3 is 16.2 Å². The van der Waals surface area contributed by atoms with E-state index in [1.165, 1.54) is 0 Å². The zero-order valence-electron chi connectivity index (χ0n) is 15.0. The van der Waals surface area contributed by atoms with E-state index in [9.17, 15) is 32.7 Å². The van der Waals surface area contributed by atoms with E-state index in [2.05, 4.69) is 10.4 Å². The van der Waals surface area contributed by atoms with E-state index in [4.69, 9.17) is 5.73 Å². The zero-order chi connectivity index (χ0) is 21.0. The van der Waals surface area contributed by atoms with E-state index in [0.29, 0.717) is 17.4 Å². The van der Waals surface area contributed by atoms with E-state index in [-0.39, 0.29) is 11.7 Å². The van der Waals surface area contributed by atoms with E-state index >= 15 is 0 Å². The van der Waals surface area contributed by atoms with Crippen molar-refractivity contribution in [3.8, 4) is 5.88 Å². The smallest absolute Gasteiger partial charge is 0.395 e. The second kappa shape index (κ2) is 6.24. The molecule has 0 radical (unpaired) electrons. The van der Waals surface area contributed by atoms with Gasteiger partial charge >= 0.3 is 6.18 Å². The van der Waals surface area contributed by atoms with Gasteiger partial charge in [0.2, 0.25) is 5.88 Å². The molecule has 3 rings (SSSR count). The summed E-state index contributed by atoms with van der Waals surface area (Å²) in [5.41, 5.74) is 0.293. The van der Waals surface area contributed by atoms with Gasteiger partial charge in [-0.05, 0) is 26.7 Å². The third-order valence-electron chi connectivity index (χ3n) is 4.57. The number of halogens is 3. The predicted molar refractivity (Wildman–Crippen MR) is 90.0 cm³/mol. The van der Waals surface area contributed by atoms with Crippen LogP contribution in [-0.4, -0.2) is 43.3 Å². The van der Waals surface area contributed by atoms with Crippen LogP contribution in [0.15, 0.2) is 10.9 Å². The first-order valence-electron chi connectivity index (χ1n) is 8.36. The van der Waals surface area contributed by atoms with Gasteiger partial charge in [0.15, 0.2) is 11.3 Å². The van der Waals surface area contributed by atoms with Crippen LogP contribution in [0.3, 0.4) is 0 Å². The van der Waals surface area contributed by atoms with Crippen molar-refractivity contribution in [1.82, 2.24) is 19.5 Å². The standard InChI is InChI=1S/C16H18F3N5O4/c1-15(2,16(17,18)19)6-23-9-5-8(11(20)25)22-24(9)14(28)10(13(23)27)12(26)21-7-3-4-7/h5,7,27H,3-4,6H2,1-2H3,(H2,20,25)(H,21,26). The molecule has 1 fully saturated rings. The van der Waals surface area contributed by atoms with Gasteiger partial charge in [0.1, 0.15) is 5.65 Å². The number of rotatable bonds is 5. The monoisotopic (exact) mass is 401 g/mol. The maximum atomic E-state index is 13.4. The summed E-state index contributed by atoms with van der Waals surface area (Å²) in [7, 11) is 0. The number of aromatic hydroxyl groups is 1. The molecule has 0 atom stereocenters. The van der Waals surface area contributed by atoms with Crippen LogP contribution >= 0.6 is 0 Å². The highest BCUT2D eigenvalue weighted by molar-refractivity contribution is 5.97. The minimum atomic E-state index is -4.65. The van der Waals surface area contributed by atoms with E-state index in [0.717, 1.165) is 24.5 Å². The van der Waals surface area contributed by atoms with Crippen molar-refractivity contribution in [2.75, 3.05) is 0 Å². The Morgan fingerprint density at radius 3 is 2.46 bits per heavy atom. The molecule has 1 saturated carbocycles. The molecule has 152 valence electrons. The minimum absolute atomic E-state index is 0.166. The van der Waals surface area contributed by atoms with Gasteiger partial charge in [-0.2, -0.15) is 22.8 Å². The predicted octanol–water partition coefficient (Wildman–Crippen LogP) is 0.781. The van der Waals surface area contributed by atoms with Crippen molar-refractivity contribution in [1.29, 1.82) is 0 Å². The molecule has 0 unspecified atom stereocenters. The van der Waals surface area contributed by atoms with Crippen molar-refractivity contribution < 1.29 is 27.9 Å². The van der Waals surface area contributed by atoms with E-state index in [1.54, 1.807) is 0 Å². The molecule has 0 aliphatic heterocycles. The first kappa shape index (κ1) is 19.7. The number of hydrogen-bond donors (Lipinski definition) is 3. The van der Waals surface area contributed by atoms with Crippen LogP contribution in [0.4, 0.5) is 13.2 Å². The van der Waals surface area contributed by atoms with Gasteiger partial charge in [-0.3, -0.25) is 19.0 Å². The van der Waals surface area contributed by atoms with Crippen molar-refractivity contribution >= 4 is 17.5 Å². The summed E-state index contributed by atoms with van der Waals surface area (Å²) in [5.74, 6) is -2.89. The molecule has 28 heavy (non-hydrogen) atoms. The lowest BCUT2D eigenvalue weighted by Crippen LogP contribution is -2.39. The molecule has 2 aromatic heterocycles. The average Bonchev–Trinajstić information content (AvgIpc) is 3.24. The van der Waals surface area contributed by atoms with Crippen LogP contribution in [0, 0.1) is 5.41 Å². The summed E-state index contributed by atoms with van der Waals surface area (Å²) < 4.78 is 41.4. The topological polar surface area (TPSA) is 132 Å². The number of primary amides is 1. The molecule has 0 spiro atoms. The number of fused-ring (bicyclic) bond motifs is 1. The van der Waals surface area contributed by atoms with E-state index < -0.39 is 52.6 Å². The Morgan fingerprint density at radius 2 is 1.96 bits per heavy atom. The number of nitrogens with one attached hydrogen (secondary N) is 1. The van der Waals surface area contributed by atoms with Crippen molar-refractivity contribution in [3.63, 3.8) is 0 Å². The fourth-order valence-corrected chi connectivity index (χ4v) is 2.60. The number of hydrogen-bond acceptors (Lipinski definition) is 5. The third-order valence-corrected chi connectivity index (χ3v) is 4.57. The maximum absolute atomic E-state index is 13.4. The summed E-state index contributed by atoms with van der Waals surface area (Å²) >= 11 is 0. The zero-order valence-corrected chi connectivity index (χ0v) is 15.0. The highest BCUT2D eigenvalue weighted by atomic mass is 19.4. The van der Waals surface area contributed by atoms with Crippen LogP contribution < -0.4 is 16.6 Å². The van der Waals surface area contributed by atoms with Crippen LogP contribution in [-0.2, 0) is 6.54 Å². The van der Waals surface area contributed by atoms with Crippen LogP contribution in [0.5, 0.6) is 5.88 Å². The number of nitrogens with two attached hydrogens (primary N) is 1. The molecule has 2 heterocycles. The Balaban J connectivity index is 2.25. The maximum Gasteiger partial charge on any atom is 0.395 e. The number of alkyl halides is 3. The molecular formula is C16H18F3N5O4. The lowest BCUT2D eigenvalue weighted by molar-refractivity contribution is -0.215. The average molecular weight is 401 g/mol. The molecule has 0 bridgehead atoms. The summed E-state index contributed by atoms with van der Waals surface area (Å²) in [4.78, 5) is 36.4. The van der Waals surface area contributed by atoms with E-state index in [1.807, 2.05) is 0 Å². The Hall–Kier alpha value is -3.05. The summed E-state index contributed by atoms with van der Waals surface area (Å²) in [6.45, 7) is 0.965. The molecule has 0 aromatic carbocycles. The number of carbonyl (C=O) groups is 2. The first-order valence-corrected chi connectivity index (χ1v) is 8.36. The fourth-order valence-electron chi connectivity index (χ4n) is 2.60. The summed E-state index contributed by atoms with van der Waals surface area (Å²) in [6.07, 6.45) is -3.27. The second-order valence-corrected chi connectivity index (χ2v) is 7.38. The van der Waals surface area contributed by atoms with Gasteiger partial charge in [-0.25, -0.2) is 0 Å². The SMILES string of the molecule is CC(C)(Cn1c(O)c(C(=O)NC2CC2)c(=O)n2nc(C(N)=O)cc12)C(F)(F)F. The lowest BCUT2D eigenvalue weighted by Gasteiger charge is -2.29. The Morgan fingerprint density at radius 1 is 1.36 bits per heavy atom. The lowest BCUT2D eigenvalue weighted by atomic mass is 9.92. The molecule has 2 aromatic rings. The fraction of sp³-hybridized carbons (Fsp3) is 0.500. The molecule has 4 N–H and O–H groups in total. The van der Waals surface area contributed by atoms with Gasteiger partial charge in [-0.15, -0.1) is 0 Å². The number of nitrogens with zero attached hydrogens (tertiary/aromatic N) is 3. The molecular weight excluding hydrogens is 383 g/mol. The number of carbonyl (C=O) groups excluding carboxylic acids is 2. The largest absolute Gasteiger partial charge is 0.494 e. The molecule has 1 aliphatic carbocycles. The van der Waals surface area contributed by atoms with Crippen molar-refractivity contribution in [2.24, 2.45) is 11.1 Å². The molecule has 1 aliphatic rings. The Labute approximate surface area is 155 Å². The van der Waals surface area contributed by atoms with Gasteiger partial charge in [0.05, 0.1) is 5.41 Å². The van der Waals surface area contributed by atoms with Crippen LogP contribution in [0.25, 0.3) is 5.65 Å². The summed E-state index contributed by atoms with van der Waals surface area (Å²) in [6, 6.07) is 0.819. The Kier molecular flexibility index (Phi) is 4.39. The molecule has 9 nitrogen and oxygen atoms in total. The third kappa shape index (κ3) is 3.29. The quantitative estimate of drug-likeness (QED) is 0.681. The molecule has 2 amide bonds. The van der Waals surface area contributed by atoms with Crippen molar-refractivity contribution in [2.45, 2.75) is 45.5 Å². The van der Waals surface area contributed by atoms with Crippen molar-refractivity contribution in [3.05, 3.63) is 27.7 Å². The summed E-state index contributed by atoms with van der Waals surface area (Å²) in [5, 5.41) is 16.7. The van der Waals surface area contributed by atoms with Crippen LogP contribution in [0.1, 0.15) is 47.5 Å². The number of amides is 2. The highest BCUT2D eigenvalue weighted by Crippen LogP contribution is 2.40. The molecule has 12 heteroatoms. The normalized spacial score (nSPS) is 15.0. The second-order valence-electron chi connectivity index (χ2n) is 7.38. The van der Waals surface area contributed by atoms with Gasteiger partial charge in [0.25, 0.3) is 17.4 Å².